The molecule has 6 nitrogen and oxygen atoms in total. The van der Waals surface area contributed by atoms with E-state index in [0.717, 1.165) is 22.7 Å². The number of anilines is 4. The molecule has 25 heavy (non-hydrogen) atoms. The first kappa shape index (κ1) is 17.0. The maximum atomic E-state index is 6.14. The lowest BCUT2D eigenvalue weighted by Gasteiger charge is -2.12. The molecule has 3 rings (SSSR count). The Labute approximate surface area is 151 Å². The number of hydrogen-bond acceptors (Lipinski definition) is 6. The molecule has 2 N–H and O–H groups in total. The molecule has 0 aliphatic rings. The zero-order chi connectivity index (χ0) is 17.6. The summed E-state index contributed by atoms with van der Waals surface area (Å²) in [5, 5.41) is 15.0. The molecule has 0 bridgehead atoms. The van der Waals surface area contributed by atoms with E-state index in [1.165, 1.54) is 0 Å². The van der Waals surface area contributed by atoms with Crippen molar-refractivity contribution in [3.05, 3.63) is 59.2 Å². The fraction of sp³-hybridized carbons (Fsp3) is 0.167. The lowest BCUT2D eigenvalue weighted by atomic mass is 10.2. The molecule has 128 valence electrons. The second-order valence-electron chi connectivity index (χ2n) is 5.26. The molecule has 0 fully saturated rings. The second-order valence-corrected chi connectivity index (χ2v) is 5.66. The molecule has 0 spiro atoms. The topological polar surface area (TPSA) is 72.0 Å². The molecule has 0 saturated carbocycles. The van der Waals surface area contributed by atoms with Crippen molar-refractivity contribution in [2.45, 2.75) is 13.8 Å². The van der Waals surface area contributed by atoms with Crippen molar-refractivity contribution >= 4 is 34.7 Å². The van der Waals surface area contributed by atoms with Crippen LogP contribution in [0, 0.1) is 6.92 Å². The molecule has 0 amide bonds. The summed E-state index contributed by atoms with van der Waals surface area (Å²) in [6, 6.07) is 13.3. The molecule has 0 saturated heterocycles. The fourth-order valence-electron chi connectivity index (χ4n) is 2.27. The Hall–Kier alpha value is -2.86. The normalized spacial score (nSPS) is 10.4. The molecule has 0 unspecified atom stereocenters. The number of para-hydroxylation sites is 2. The second kappa shape index (κ2) is 7.81. The van der Waals surface area contributed by atoms with Gasteiger partial charge in [-0.1, -0.05) is 29.8 Å². The third-order valence-electron chi connectivity index (χ3n) is 3.52. The quantitative estimate of drug-likeness (QED) is 0.666. The molecule has 0 aliphatic heterocycles. The van der Waals surface area contributed by atoms with E-state index in [2.05, 4.69) is 25.8 Å². The van der Waals surface area contributed by atoms with Crippen molar-refractivity contribution in [2.24, 2.45) is 0 Å². The van der Waals surface area contributed by atoms with Crippen LogP contribution >= 0.6 is 11.6 Å². The van der Waals surface area contributed by atoms with Crippen molar-refractivity contribution in [1.82, 2.24) is 15.2 Å². The van der Waals surface area contributed by atoms with E-state index in [9.17, 15) is 0 Å². The van der Waals surface area contributed by atoms with E-state index in [-0.39, 0.29) is 0 Å². The molecule has 7 heteroatoms. The van der Waals surface area contributed by atoms with Gasteiger partial charge < -0.3 is 15.4 Å². The highest BCUT2D eigenvalue weighted by Gasteiger charge is 2.08. The van der Waals surface area contributed by atoms with Gasteiger partial charge in [-0.05, 0) is 43.7 Å². The molecule has 2 aromatic carbocycles. The molecule has 3 aromatic rings. The molecule has 0 radical (unpaired) electrons. The first-order valence-electron chi connectivity index (χ1n) is 7.88. The summed E-state index contributed by atoms with van der Waals surface area (Å²) in [5.41, 5.74) is 2.57. The lowest BCUT2D eigenvalue weighted by molar-refractivity contribution is 0.342. The van der Waals surface area contributed by atoms with Crippen LogP contribution in [0.2, 0.25) is 5.02 Å². The molecular formula is C18H18ClN5O. The van der Waals surface area contributed by atoms with E-state index in [4.69, 9.17) is 16.3 Å². The average Bonchev–Trinajstić information content (AvgIpc) is 2.61. The van der Waals surface area contributed by atoms with Gasteiger partial charge >= 0.3 is 0 Å². The van der Waals surface area contributed by atoms with Gasteiger partial charge in [-0.3, -0.25) is 0 Å². The van der Waals surface area contributed by atoms with Crippen molar-refractivity contribution < 1.29 is 4.74 Å². The van der Waals surface area contributed by atoms with Gasteiger partial charge in [-0.15, -0.1) is 5.10 Å². The monoisotopic (exact) mass is 355 g/mol. The summed E-state index contributed by atoms with van der Waals surface area (Å²) in [7, 11) is 0. The Balaban J connectivity index is 1.81. The Morgan fingerprint density at radius 3 is 2.68 bits per heavy atom. The minimum absolute atomic E-state index is 0.379. The van der Waals surface area contributed by atoms with Crippen molar-refractivity contribution in [2.75, 3.05) is 17.2 Å². The van der Waals surface area contributed by atoms with Gasteiger partial charge in [0.1, 0.15) is 5.75 Å². The van der Waals surface area contributed by atoms with Crippen LogP contribution in [-0.2, 0) is 0 Å². The summed E-state index contributed by atoms with van der Waals surface area (Å²) in [5.74, 6) is 1.69. The van der Waals surface area contributed by atoms with Crippen LogP contribution in [0.4, 0.5) is 23.1 Å². The summed E-state index contributed by atoms with van der Waals surface area (Å²) in [6.07, 6.45) is 1.55. The zero-order valence-electron chi connectivity index (χ0n) is 14.0. The van der Waals surface area contributed by atoms with Gasteiger partial charge in [0, 0.05) is 10.7 Å². The van der Waals surface area contributed by atoms with E-state index in [0.29, 0.717) is 23.4 Å². The molecule has 0 aliphatic carbocycles. The number of aromatic nitrogens is 3. The smallest absolute Gasteiger partial charge is 0.249 e. The number of hydrogen-bond donors (Lipinski definition) is 2. The van der Waals surface area contributed by atoms with Gasteiger partial charge in [0.15, 0.2) is 5.82 Å². The van der Waals surface area contributed by atoms with Crippen LogP contribution in [-0.4, -0.2) is 21.8 Å². The van der Waals surface area contributed by atoms with Crippen molar-refractivity contribution in [3.8, 4) is 5.75 Å². The molecule has 0 atom stereocenters. The predicted molar refractivity (Wildman–Crippen MR) is 100 cm³/mol. The zero-order valence-corrected chi connectivity index (χ0v) is 14.7. The SMILES string of the molecule is CCOc1ccccc1Nc1cnnc(Nc2cccc(Cl)c2C)n1. The van der Waals surface area contributed by atoms with E-state index in [1.54, 1.807) is 6.20 Å². The van der Waals surface area contributed by atoms with Gasteiger partial charge in [0.2, 0.25) is 5.95 Å². The van der Waals surface area contributed by atoms with E-state index in [1.807, 2.05) is 56.3 Å². The standard InChI is InChI=1S/C18H18ClN5O/c1-3-25-16-10-5-4-8-15(16)21-17-11-20-24-18(23-17)22-14-9-6-7-13(19)12(14)2/h4-11H,3H2,1-2H3,(H2,21,22,23,24). The van der Waals surface area contributed by atoms with Crippen LogP contribution in [0.1, 0.15) is 12.5 Å². The Bertz CT molecular complexity index is 872. The first-order valence-corrected chi connectivity index (χ1v) is 8.26. The highest BCUT2D eigenvalue weighted by molar-refractivity contribution is 6.31. The van der Waals surface area contributed by atoms with Crippen LogP contribution in [0.15, 0.2) is 48.7 Å². The highest BCUT2D eigenvalue weighted by atomic mass is 35.5. The molecule has 1 aromatic heterocycles. The van der Waals surface area contributed by atoms with Gasteiger partial charge in [-0.25, -0.2) is 0 Å². The number of benzene rings is 2. The van der Waals surface area contributed by atoms with Crippen LogP contribution in [0.5, 0.6) is 5.75 Å². The van der Waals surface area contributed by atoms with Crippen LogP contribution < -0.4 is 15.4 Å². The molecule has 1 heterocycles. The maximum Gasteiger partial charge on any atom is 0.249 e. The van der Waals surface area contributed by atoms with Crippen molar-refractivity contribution in [1.29, 1.82) is 0 Å². The first-order chi connectivity index (χ1) is 12.2. The Morgan fingerprint density at radius 1 is 1.04 bits per heavy atom. The molecular weight excluding hydrogens is 338 g/mol. The third kappa shape index (κ3) is 4.16. The van der Waals surface area contributed by atoms with E-state index < -0.39 is 0 Å². The number of nitrogens with one attached hydrogen (secondary N) is 2. The average molecular weight is 356 g/mol. The summed E-state index contributed by atoms with van der Waals surface area (Å²) in [4.78, 5) is 4.44. The number of rotatable bonds is 6. The van der Waals surface area contributed by atoms with E-state index >= 15 is 0 Å². The number of halogens is 1. The van der Waals surface area contributed by atoms with Crippen LogP contribution in [0.25, 0.3) is 0 Å². The van der Waals surface area contributed by atoms with Gasteiger partial charge in [-0.2, -0.15) is 10.1 Å². The minimum atomic E-state index is 0.379. The predicted octanol–water partition coefficient (Wildman–Crippen LogP) is 4.72. The number of nitrogens with zero attached hydrogens (tertiary/aromatic N) is 3. The highest BCUT2D eigenvalue weighted by Crippen LogP contribution is 2.28. The summed E-state index contributed by atoms with van der Waals surface area (Å²) < 4.78 is 5.61. The lowest BCUT2D eigenvalue weighted by Crippen LogP contribution is -2.04. The summed E-state index contributed by atoms with van der Waals surface area (Å²) >= 11 is 6.14. The third-order valence-corrected chi connectivity index (χ3v) is 3.93. The minimum Gasteiger partial charge on any atom is -0.492 e. The van der Waals surface area contributed by atoms with Crippen molar-refractivity contribution in [3.63, 3.8) is 0 Å². The Kier molecular flexibility index (Phi) is 5.30. The van der Waals surface area contributed by atoms with Crippen LogP contribution in [0.3, 0.4) is 0 Å². The largest absolute Gasteiger partial charge is 0.492 e. The van der Waals surface area contributed by atoms with Gasteiger partial charge in [0.25, 0.3) is 0 Å². The van der Waals surface area contributed by atoms with Gasteiger partial charge in [0.05, 0.1) is 18.5 Å². The fourth-order valence-corrected chi connectivity index (χ4v) is 2.44. The summed E-state index contributed by atoms with van der Waals surface area (Å²) in [6.45, 7) is 4.46. The maximum absolute atomic E-state index is 6.14. The Morgan fingerprint density at radius 2 is 1.84 bits per heavy atom. The number of ether oxygens (including phenoxy) is 1.